The van der Waals surface area contributed by atoms with E-state index in [-0.39, 0.29) is 25.5 Å². The second-order valence-electron chi connectivity index (χ2n) is 7.57. The summed E-state index contributed by atoms with van der Waals surface area (Å²) in [7, 11) is -2.55. The third kappa shape index (κ3) is 5.82. The van der Waals surface area contributed by atoms with E-state index in [0.717, 1.165) is 41.9 Å². The van der Waals surface area contributed by atoms with Crippen LogP contribution >= 0.6 is 11.3 Å². The number of methoxy groups -OCH3 is 1. The molecular formula is C23H25F2N3O5S2. The highest BCUT2D eigenvalue weighted by atomic mass is 32.2. The molecule has 0 spiro atoms. The molecule has 0 aliphatic heterocycles. The van der Waals surface area contributed by atoms with Crippen LogP contribution in [-0.4, -0.2) is 49.4 Å². The Balaban J connectivity index is 2.00. The summed E-state index contributed by atoms with van der Waals surface area (Å²) in [5.41, 5.74) is 0.0100. The molecule has 188 valence electrons. The lowest BCUT2D eigenvalue weighted by molar-refractivity contribution is -0.141. The van der Waals surface area contributed by atoms with Crippen molar-refractivity contribution in [2.45, 2.75) is 38.1 Å². The number of carbonyl (C=O) groups is 2. The van der Waals surface area contributed by atoms with Gasteiger partial charge >= 0.3 is 5.97 Å². The Bertz CT molecular complexity index is 1410. The maximum absolute atomic E-state index is 14.5. The van der Waals surface area contributed by atoms with Gasteiger partial charge in [-0.2, -0.15) is 9.30 Å². The van der Waals surface area contributed by atoms with Crippen molar-refractivity contribution in [1.82, 2.24) is 8.87 Å². The van der Waals surface area contributed by atoms with Crippen LogP contribution in [0, 0.1) is 11.6 Å². The minimum atomic E-state index is -3.71. The number of fused-ring (bicyclic) bond motifs is 1. The number of nitrogens with zero attached hydrogens (tertiary/aromatic N) is 3. The number of hydrogen-bond donors (Lipinski definition) is 0. The topological polar surface area (TPSA) is 98.0 Å². The molecule has 1 aromatic heterocycles. The van der Waals surface area contributed by atoms with Crippen molar-refractivity contribution in [1.29, 1.82) is 0 Å². The molecule has 0 saturated heterocycles. The number of benzene rings is 2. The van der Waals surface area contributed by atoms with Crippen molar-refractivity contribution in [3.8, 4) is 0 Å². The molecule has 0 aliphatic rings. The first-order chi connectivity index (χ1) is 16.6. The van der Waals surface area contributed by atoms with Gasteiger partial charge in [0.2, 0.25) is 10.0 Å². The summed E-state index contributed by atoms with van der Waals surface area (Å²) < 4.78 is 61.2. The van der Waals surface area contributed by atoms with E-state index < -0.39 is 40.1 Å². The minimum absolute atomic E-state index is 0.0340. The molecule has 1 heterocycles. The van der Waals surface area contributed by atoms with Crippen LogP contribution in [0.25, 0.3) is 10.2 Å². The number of hydrogen-bond acceptors (Lipinski definition) is 6. The summed E-state index contributed by atoms with van der Waals surface area (Å²) in [4.78, 5) is 28.7. The number of aromatic nitrogens is 1. The standard InChI is InChI=1S/C23H25F2N3O5S2/c1-4-6-11-27(5-2)35(31,32)17-9-7-15(8-10-17)22(30)26-23-28(14-20(29)33-3)21-18(25)12-16(24)13-19(21)34-23/h7-10,12-13H,4-6,11,14H2,1-3H3. The molecular weight excluding hydrogens is 500 g/mol. The normalized spacial score (nSPS) is 12.5. The number of rotatable bonds is 9. The molecule has 1 amide bonds. The highest BCUT2D eigenvalue weighted by Gasteiger charge is 2.23. The van der Waals surface area contributed by atoms with E-state index in [1.165, 1.54) is 28.6 Å². The second-order valence-corrected chi connectivity index (χ2v) is 10.5. The molecule has 0 N–H and O–H groups in total. The van der Waals surface area contributed by atoms with Crippen LogP contribution in [0.2, 0.25) is 0 Å². The molecule has 0 saturated carbocycles. The molecule has 0 fully saturated rings. The zero-order valence-electron chi connectivity index (χ0n) is 19.5. The smallest absolute Gasteiger partial charge is 0.325 e. The number of halogens is 2. The summed E-state index contributed by atoms with van der Waals surface area (Å²) in [5, 5.41) is 0. The van der Waals surface area contributed by atoms with Gasteiger partial charge in [0.15, 0.2) is 10.6 Å². The number of sulfonamides is 1. The van der Waals surface area contributed by atoms with Crippen molar-refractivity contribution in [2.24, 2.45) is 4.99 Å². The summed E-state index contributed by atoms with van der Waals surface area (Å²) in [6.45, 7) is 4.01. The van der Waals surface area contributed by atoms with Crippen molar-refractivity contribution >= 4 is 43.5 Å². The van der Waals surface area contributed by atoms with Gasteiger partial charge in [-0.1, -0.05) is 31.6 Å². The quantitative estimate of drug-likeness (QED) is 0.397. The minimum Gasteiger partial charge on any atom is -0.468 e. The third-order valence-corrected chi connectivity index (χ3v) is 8.27. The van der Waals surface area contributed by atoms with Crippen molar-refractivity contribution < 1.29 is 31.5 Å². The van der Waals surface area contributed by atoms with E-state index in [1.807, 2.05) is 6.92 Å². The van der Waals surface area contributed by atoms with E-state index in [2.05, 4.69) is 9.73 Å². The summed E-state index contributed by atoms with van der Waals surface area (Å²) in [6.07, 6.45) is 1.58. The number of esters is 1. The van der Waals surface area contributed by atoms with Crippen LogP contribution < -0.4 is 4.80 Å². The molecule has 0 atom stereocenters. The SMILES string of the molecule is CCCCN(CC)S(=O)(=O)c1ccc(C(=O)N=c2sc3cc(F)cc(F)c3n2CC(=O)OC)cc1. The third-order valence-electron chi connectivity index (χ3n) is 5.26. The average Bonchev–Trinajstić information content (AvgIpc) is 3.15. The van der Waals surface area contributed by atoms with Gasteiger partial charge in [0.25, 0.3) is 5.91 Å². The van der Waals surface area contributed by atoms with Gasteiger partial charge in [-0.3, -0.25) is 9.59 Å². The first-order valence-electron chi connectivity index (χ1n) is 10.9. The van der Waals surface area contributed by atoms with Crippen LogP contribution in [-0.2, 0) is 26.1 Å². The maximum atomic E-state index is 14.5. The Labute approximate surface area is 205 Å². The number of amides is 1. The van der Waals surface area contributed by atoms with Gasteiger partial charge in [0, 0.05) is 24.7 Å². The Kier molecular flexibility index (Phi) is 8.51. The van der Waals surface area contributed by atoms with E-state index in [4.69, 9.17) is 0 Å². The van der Waals surface area contributed by atoms with Gasteiger partial charge < -0.3 is 9.30 Å². The van der Waals surface area contributed by atoms with Gasteiger partial charge in [-0.05, 0) is 36.8 Å². The fourth-order valence-corrected chi connectivity index (χ4v) is 5.96. The maximum Gasteiger partial charge on any atom is 0.325 e. The molecule has 0 bridgehead atoms. The average molecular weight is 526 g/mol. The van der Waals surface area contributed by atoms with Crippen LogP contribution in [0.4, 0.5) is 8.78 Å². The highest BCUT2D eigenvalue weighted by Crippen LogP contribution is 2.23. The molecule has 12 heteroatoms. The molecule has 0 radical (unpaired) electrons. The van der Waals surface area contributed by atoms with Crippen molar-refractivity contribution in [3.63, 3.8) is 0 Å². The lowest BCUT2D eigenvalue weighted by Gasteiger charge is -2.20. The molecule has 0 unspecified atom stereocenters. The van der Waals surface area contributed by atoms with Gasteiger partial charge in [-0.15, -0.1) is 0 Å². The van der Waals surface area contributed by atoms with Crippen LogP contribution in [0.3, 0.4) is 0 Å². The molecule has 8 nitrogen and oxygen atoms in total. The van der Waals surface area contributed by atoms with Crippen LogP contribution in [0.5, 0.6) is 0 Å². The molecule has 35 heavy (non-hydrogen) atoms. The number of ether oxygens (including phenoxy) is 1. The summed E-state index contributed by atoms with van der Waals surface area (Å²) in [6, 6.07) is 7.09. The fraction of sp³-hybridized carbons (Fsp3) is 0.348. The predicted molar refractivity (Wildman–Crippen MR) is 127 cm³/mol. The first-order valence-corrected chi connectivity index (χ1v) is 13.1. The van der Waals surface area contributed by atoms with Crippen molar-refractivity contribution in [3.05, 3.63) is 58.4 Å². The number of carbonyl (C=O) groups excluding carboxylic acids is 2. The van der Waals surface area contributed by atoms with E-state index in [1.54, 1.807) is 6.92 Å². The molecule has 2 aromatic carbocycles. The monoisotopic (exact) mass is 525 g/mol. The lowest BCUT2D eigenvalue weighted by atomic mass is 10.2. The van der Waals surface area contributed by atoms with E-state index in [9.17, 15) is 26.8 Å². The predicted octanol–water partition coefficient (Wildman–Crippen LogP) is 3.71. The Morgan fingerprint density at radius 1 is 1.14 bits per heavy atom. The van der Waals surface area contributed by atoms with E-state index >= 15 is 0 Å². The lowest BCUT2D eigenvalue weighted by Crippen LogP contribution is -2.31. The molecule has 3 rings (SSSR count). The first kappa shape index (κ1) is 26.6. The highest BCUT2D eigenvalue weighted by molar-refractivity contribution is 7.89. The fourth-order valence-electron chi connectivity index (χ4n) is 3.41. The molecule has 0 aliphatic carbocycles. The number of thiazole rings is 1. The number of unbranched alkanes of at least 4 members (excludes halogenated alkanes) is 1. The summed E-state index contributed by atoms with van der Waals surface area (Å²) in [5.74, 6) is -3.16. The van der Waals surface area contributed by atoms with Gasteiger partial charge in [-0.25, -0.2) is 17.2 Å². The van der Waals surface area contributed by atoms with Crippen molar-refractivity contribution in [2.75, 3.05) is 20.2 Å². The second kappa shape index (κ2) is 11.2. The van der Waals surface area contributed by atoms with Gasteiger partial charge in [0.05, 0.1) is 22.2 Å². The van der Waals surface area contributed by atoms with Crippen LogP contribution in [0.1, 0.15) is 37.0 Å². The van der Waals surface area contributed by atoms with Crippen LogP contribution in [0.15, 0.2) is 46.3 Å². The van der Waals surface area contributed by atoms with E-state index in [0.29, 0.717) is 19.2 Å². The largest absolute Gasteiger partial charge is 0.468 e. The Morgan fingerprint density at radius 2 is 1.83 bits per heavy atom. The zero-order valence-corrected chi connectivity index (χ0v) is 21.1. The molecule has 3 aromatic rings. The van der Waals surface area contributed by atoms with Gasteiger partial charge in [0.1, 0.15) is 12.4 Å². The Hall–Kier alpha value is -2.96. The Morgan fingerprint density at radius 3 is 2.43 bits per heavy atom. The summed E-state index contributed by atoms with van der Waals surface area (Å²) >= 11 is 0.835. The zero-order chi connectivity index (χ0) is 25.8.